The standard InChI is InChI=1S/C16H17N3/c17-9-13-2-1-3-14(8-13)11-19-7-6-15(12-19)10-18-16-4-5-16/h1-3,6-8,12,16,18H,4-5,10-11H2. The van der Waals surface area contributed by atoms with Crippen LogP contribution in [0.4, 0.5) is 0 Å². The van der Waals surface area contributed by atoms with E-state index in [0.29, 0.717) is 0 Å². The van der Waals surface area contributed by atoms with Crippen LogP contribution in [0.2, 0.25) is 0 Å². The fourth-order valence-corrected chi connectivity index (χ4v) is 2.19. The maximum Gasteiger partial charge on any atom is 0.0991 e. The first-order chi connectivity index (χ1) is 9.33. The maximum atomic E-state index is 8.90. The van der Waals surface area contributed by atoms with Crippen molar-refractivity contribution in [3.63, 3.8) is 0 Å². The molecule has 3 heteroatoms. The van der Waals surface area contributed by atoms with Crippen molar-refractivity contribution in [2.24, 2.45) is 0 Å². The molecule has 3 rings (SSSR count). The minimum absolute atomic E-state index is 0.722. The van der Waals surface area contributed by atoms with E-state index in [1.807, 2.05) is 18.2 Å². The summed E-state index contributed by atoms with van der Waals surface area (Å²) in [4.78, 5) is 0. The molecule has 1 saturated carbocycles. The van der Waals surface area contributed by atoms with Gasteiger partial charge in [-0.2, -0.15) is 5.26 Å². The van der Waals surface area contributed by atoms with Crippen LogP contribution < -0.4 is 5.32 Å². The normalized spacial score (nSPS) is 14.3. The van der Waals surface area contributed by atoms with Crippen molar-refractivity contribution in [1.29, 1.82) is 5.26 Å². The molecule has 1 aromatic heterocycles. The van der Waals surface area contributed by atoms with E-state index in [4.69, 9.17) is 5.26 Å². The van der Waals surface area contributed by atoms with Crippen LogP contribution in [0.15, 0.2) is 42.7 Å². The van der Waals surface area contributed by atoms with Crippen molar-refractivity contribution >= 4 is 0 Å². The highest BCUT2D eigenvalue weighted by atomic mass is 15.0. The smallest absolute Gasteiger partial charge is 0.0991 e. The molecule has 0 bridgehead atoms. The lowest BCUT2D eigenvalue weighted by Gasteiger charge is -2.04. The summed E-state index contributed by atoms with van der Waals surface area (Å²) in [6, 6.07) is 12.9. The number of hydrogen-bond acceptors (Lipinski definition) is 2. The minimum Gasteiger partial charge on any atom is -0.350 e. The molecule has 0 unspecified atom stereocenters. The van der Waals surface area contributed by atoms with Gasteiger partial charge in [0.2, 0.25) is 0 Å². The summed E-state index contributed by atoms with van der Waals surface area (Å²) < 4.78 is 2.17. The molecule has 3 nitrogen and oxygen atoms in total. The molecule has 1 fully saturated rings. The third-order valence-electron chi connectivity index (χ3n) is 3.41. The van der Waals surface area contributed by atoms with Gasteiger partial charge in [0.25, 0.3) is 0 Å². The number of aromatic nitrogens is 1. The molecule has 0 radical (unpaired) electrons. The van der Waals surface area contributed by atoms with Crippen molar-refractivity contribution in [2.45, 2.75) is 32.0 Å². The highest BCUT2D eigenvalue weighted by Crippen LogP contribution is 2.19. The second kappa shape index (κ2) is 5.29. The second-order valence-corrected chi connectivity index (χ2v) is 5.16. The summed E-state index contributed by atoms with van der Waals surface area (Å²) in [5, 5.41) is 12.4. The van der Waals surface area contributed by atoms with Gasteiger partial charge in [-0.3, -0.25) is 0 Å². The lowest BCUT2D eigenvalue weighted by atomic mass is 10.1. The molecular formula is C16H17N3. The van der Waals surface area contributed by atoms with E-state index in [1.165, 1.54) is 18.4 Å². The van der Waals surface area contributed by atoms with E-state index in [2.05, 4.69) is 40.5 Å². The summed E-state index contributed by atoms with van der Waals surface area (Å²) in [5.74, 6) is 0. The topological polar surface area (TPSA) is 40.8 Å². The van der Waals surface area contributed by atoms with E-state index < -0.39 is 0 Å². The predicted molar refractivity (Wildman–Crippen MR) is 74.6 cm³/mol. The van der Waals surface area contributed by atoms with Crippen LogP contribution in [0.1, 0.15) is 29.5 Å². The molecule has 1 aliphatic rings. The monoisotopic (exact) mass is 251 g/mol. The first kappa shape index (κ1) is 12.0. The number of benzene rings is 1. The van der Waals surface area contributed by atoms with Crippen molar-refractivity contribution in [3.8, 4) is 6.07 Å². The van der Waals surface area contributed by atoms with Crippen molar-refractivity contribution in [3.05, 3.63) is 59.4 Å². The molecule has 0 saturated heterocycles. The Balaban J connectivity index is 1.63. The van der Waals surface area contributed by atoms with E-state index in [-0.39, 0.29) is 0 Å². The van der Waals surface area contributed by atoms with Gasteiger partial charge in [0.1, 0.15) is 0 Å². The van der Waals surface area contributed by atoms with Gasteiger partial charge >= 0.3 is 0 Å². The fourth-order valence-electron chi connectivity index (χ4n) is 2.19. The van der Waals surface area contributed by atoms with E-state index >= 15 is 0 Å². The average Bonchev–Trinajstić information content (AvgIpc) is 3.17. The Bertz CT molecular complexity index is 602. The van der Waals surface area contributed by atoms with Gasteiger partial charge in [0, 0.05) is 31.5 Å². The highest BCUT2D eigenvalue weighted by molar-refractivity contribution is 5.33. The van der Waals surface area contributed by atoms with Crippen molar-refractivity contribution in [1.82, 2.24) is 9.88 Å². The lowest BCUT2D eigenvalue weighted by molar-refractivity contribution is 0.685. The van der Waals surface area contributed by atoms with Gasteiger partial charge in [-0.05, 0) is 42.2 Å². The van der Waals surface area contributed by atoms with E-state index in [0.717, 1.165) is 30.3 Å². The Morgan fingerprint density at radius 1 is 1.26 bits per heavy atom. The van der Waals surface area contributed by atoms with Crippen LogP contribution in [0, 0.1) is 11.3 Å². The molecule has 0 aliphatic heterocycles. The quantitative estimate of drug-likeness (QED) is 0.887. The fraction of sp³-hybridized carbons (Fsp3) is 0.312. The first-order valence-electron chi connectivity index (χ1n) is 6.70. The molecule has 1 heterocycles. The SMILES string of the molecule is N#Cc1cccc(Cn2ccc(CNC3CC3)c2)c1. The minimum atomic E-state index is 0.722. The van der Waals surface area contributed by atoms with Gasteiger partial charge in [-0.15, -0.1) is 0 Å². The number of hydrogen-bond donors (Lipinski definition) is 1. The molecule has 2 aromatic rings. The Kier molecular flexibility index (Phi) is 3.35. The molecule has 1 aliphatic carbocycles. The van der Waals surface area contributed by atoms with Crippen molar-refractivity contribution in [2.75, 3.05) is 0 Å². The molecule has 96 valence electrons. The Labute approximate surface area is 113 Å². The third kappa shape index (κ3) is 3.24. The number of nitrogens with zero attached hydrogens (tertiary/aromatic N) is 2. The number of nitrogens with one attached hydrogen (secondary N) is 1. The summed E-state index contributed by atoms with van der Waals surface area (Å²) >= 11 is 0. The lowest BCUT2D eigenvalue weighted by Crippen LogP contribution is -2.14. The molecule has 0 spiro atoms. The Morgan fingerprint density at radius 3 is 2.95 bits per heavy atom. The second-order valence-electron chi connectivity index (χ2n) is 5.16. The molecule has 1 aromatic carbocycles. The summed E-state index contributed by atoms with van der Waals surface area (Å²) in [6.07, 6.45) is 6.92. The van der Waals surface area contributed by atoms with Gasteiger partial charge in [-0.1, -0.05) is 12.1 Å². The van der Waals surface area contributed by atoms with Crippen LogP contribution in [0.5, 0.6) is 0 Å². The van der Waals surface area contributed by atoms with E-state index in [9.17, 15) is 0 Å². The molecule has 0 atom stereocenters. The van der Waals surface area contributed by atoms with Crippen LogP contribution in [-0.4, -0.2) is 10.6 Å². The van der Waals surface area contributed by atoms with Crippen LogP contribution >= 0.6 is 0 Å². The van der Waals surface area contributed by atoms with Gasteiger partial charge < -0.3 is 9.88 Å². The first-order valence-corrected chi connectivity index (χ1v) is 6.70. The summed E-state index contributed by atoms with van der Waals surface area (Å²) in [7, 11) is 0. The molecule has 19 heavy (non-hydrogen) atoms. The predicted octanol–water partition coefficient (Wildman–Crippen LogP) is 2.66. The Hall–Kier alpha value is -2.05. The molecule has 1 N–H and O–H groups in total. The molecular weight excluding hydrogens is 234 g/mol. The zero-order valence-corrected chi connectivity index (χ0v) is 10.8. The van der Waals surface area contributed by atoms with Gasteiger partial charge in [-0.25, -0.2) is 0 Å². The summed E-state index contributed by atoms with van der Waals surface area (Å²) in [5.41, 5.74) is 3.21. The highest BCUT2D eigenvalue weighted by Gasteiger charge is 2.19. The van der Waals surface area contributed by atoms with Crippen LogP contribution in [-0.2, 0) is 13.1 Å². The Morgan fingerprint density at radius 2 is 2.16 bits per heavy atom. The van der Waals surface area contributed by atoms with Gasteiger partial charge in [0.05, 0.1) is 11.6 Å². The van der Waals surface area contributed by atoms with Gasteiger partial charge in [0.15, 0.2) is 0 Å². The molecule has 0 amide bonds. The van der Waals surface area contributed by atoms with Crippen LogP contribution in [0.25, 0.3) is 0 Å². The number of rotatable bonds is 5. The third-order valence-corrected chi connectivity index (χ3v) is 3.41. The van der Waals surface area contributed by atoms with Crippen LogP contribution in [0.3, 0.4) is 0 Å². The number of nitriles is 1. The summed E-state index contributed by atoms with van der Waals surface area (Å²) in [6.45, 7) is 1.77. The van der Waals surface area contributed by atoms with E-state index in [1.54, 1.807) is 0 Å². The zero-order valence-electron chi connectivity index (χ0n) is 10.8. The largest absolute Gasteiger partial charge is 0.350 e. The zero-order chi connectivity index (χ0) is 13.1. The maximum absolute atomic E-state index is 8.90. The average molecular weight is 251 g/mol. The van der Waals surface area contributed by atoms with Crippen molar-refractivity contribution < 1.29 is 0 Å².